The van der Waals surface area contributed by atoms with Crippen molar-refractivity contribution >= 4 is 40.2 Å². The van der Waals surface area contributed by atoms with Crippen LogP contribution in [-0.4, -0.2) is 45.5 Å². The summed E-state index contributed by atoms with van der Waals surface area (Å²) in [5.41, 5.74) is 1.72. The molecule has 4 aromatic rings. The van der Waals surface area contributed by atoms with Gasteiger partial charge in [-0.15, -0.1) is 0 Å². The number of methoxy groups -OCH3 is 1. The summed E-state index contributed by atoms with van der Waals surface area (Å²) in [5.74, 6) is -0.106. The van der Waals surface area contributed by atoms with Crippen LogP contribution < -0.4 is 15.6 Å². The number of amides is 1. The molecule has 10 heteroatoms. The van der Waals surface area contributed by atoms with Gasteiger partial charge in [-0.3, -0.25) is 14.2 Å². The number of nitrogens with one attached hydrogen (secondary N) is 1. The first-order chi connectivity index (χ1) is 16.9. The van der Waals surface area contributed by atoms with Gasteiger partial charge in [0.1, 0.15) is 11.4 Å². The van der Waals surface area contributed by atoms with Crippen LogP contribution >= 0.6 is 11.8 Å². The Labute approximate surface area is 205 Å². The van der Waals surface area contributed by atoms with Gasteiger partial charge >= 0.3 is 5.97 Å². The van der Waals surface area contributed by atoms with Gasteiger partial charge in [-0.05, 0) is 49.4 Å². The second-order valence-corrected chi connectivity index (χ2v) is 8.47. The van der Waals surface area contributed by atoms with E-state index < -0.39 is 5.97 Å². The number of carbonyl (C=O) groups is 2. The van der Waals surface area contributed by atoms with Gasteiger partial charge in [0.2, 0.25) is 5.91 Å². The monoisotopic (exact) mass is 492 g/mol. The number of anilines is 1. The zero-order chi connectivity index (χ0) is 24.9. The Morgan fingerprint density at radius 1 is 1.11 bits per heavy atom. The van der Waals surface area contributed by atoms with Crippen molar-refractivity contribution in [1.29, 1.82) is 0 Å². The number of aromatic nitrogens is 3. The minimum Gasteiger partial charge on any atom is -0.494 e. The lowest BCUT2D eigenvalue weighted by Gasteiger charge is -2.14. The van der Waals surface area contributed by atoms with Crippen molar-refractivity contribution in [3.8, 4) is 11.4 Å². The van der Waals surface area contributed by atoms with Crippen molar-refractivity contribution in [2.45, 2.75) is 12.1 Å². The second-order valence-electron chi connectivity index (χ2n) is 7.53. The highest BCUT2D eigenvalue weighted by Crippen LogP contribution is 2.23. The van der Waals surface area contributed by atoms with Crippen molar-refractivity contribution in [2.24, 2.45) is 7.05 Å². The van der Waals surface area contributed by atoms with Gasteiger partial charge in [0.05, 0.1) is 41.7 Å². The Kier molecular flexibility index (Phi) is 7.21. The van der Waals surface area contributed by atoms with E-state index in [2.05, 4.69) is 10.3 Å². The first kappa shape index (κ1) is 24.1. The number of para-hydroxylation sites is 1. The fraction of sp³-hybridized carbons (Fsp3) is 0.200. The molecule has 4 rings (SSSR count). The van der Waals surface area contributed by atoms with Crippen molar-refractivity contribution in [3.63, 3.8) is 0 Å². The largest absolute Gasteiger partial charge is 0.494 e. The highest BCUT2D eigenvalue weighted by Gasteiger charge is 2.17. The maximum Gasteiger partial charge on any atom is 0.354 e. The number of benzene rings is 2. The smallest absolute Gasteiger partial charge is 0.354 e. The number of hydrogen-bond acceptors (Lipinski definition) is 7. The SMILES string of the molecule is CCOc1ccc(-n2c(SCC(=O)Nc3cc(C(=O)OC)n(C)c3)nc3ccccc3c2=O)cc1. The Morgan fingerprint density at radius 2 is 1.86 bits per heavy atom. The zero-order valence-electron chi connectivity index (χ0n) is 19.5. The summed E-state index contributed by atoms with van der Waals surface area (Å²) < 4.78 is 13.3. The van der Waals surface area contributed by atoms with E-state index in [9.17, 15) is 14.4 Å². The van der Waals surface area contributed by atoms with Gasteiger partial charge in [-0.2, -0.15) is 0 Å². The van der Waals surface area contributed by atoms with Gasteiger partial charge in [0.15, 0.2) is 5.16 Å². The number of esters is 1. The van der Waals surface area contributed by atoms with Crippen molar-refractivity contribution < 1.29 is 19.1 Å². The normalized spacial score (nSPS) is 10.8. The molecule has 0 atom stereocenters. The Morgan fingerprint density at radius 3 is 2.57 bits per heavy atom. The number of carbonyl (C=O) groups excluding carboxylic acids is 2. The summed E-state index contributed by atoms with van der Waals surface area (Å²) in [6.07, 6.45) is 1.62. The number of thioether (sulfide) groups is 1. The topological polar surface area (TPSA) is 104 Å². The molecule has 1 amide bonds. The number of aryl methyl sites for hydroxylation is 1. The van der Waals surface area contributed by atoms with Gasteiger partial charge in [0, 0.05) is 13.2 Å². The average molecular weight is 493 g/mol. The molecule has 1 N–H and O–H groups in total. The molecule has 0 spiro atoms. The minimum absolute atomic E-state index is 0.00423. The van der Waals surface area contributed by atoms with Crippen LogP contribution in [-0.2, 0) is 16.6 Å². The van der Waals surface area contributed by atoms with Crippen molar-refractivity contribution in [2.75, 3.05) is 24.8 Å². The highest BCUT2D eigenvalue weighted by atomic mass is 32.2. The highest BCUT2D eigenvalue weighted by molar-refractivity contribution is 7.99. The van der Waals surface area contributed by atoms with E-state index >= 15 is 0 Å². The Hall–Kier alpha value is -4.05. The van der Waals surface area contributed by atoms with E-state index in [1.54, 1.807) is 66.3 Å². The summed E-state index contributed by atoms with van der Waals surface area (Å²) >= 11 is 1.14. The van der Waals surface area contributed by atoms with E-state index in [0.717, 1.165) is 11.8 Å². The van der Waals surface area contributed by atoms with Crippen LogP contribution in [0, 0.1) is 0 Å². The van der Waals surface area contributed by atoms with Crippen LogP contribution in [0.3, 0.4) is 0 Å². The first-order valence-corrected chi connectivity index (χ1v) is 11.8. The summed E-state index contributed by atoms with van der Waals surface area (Å²) in [4.78, 5) is 42.5. The van der Waals surface area contributed by atoms with Crippen LogP contribution in [0.15, 0.2) is 70.7 Å². The van der Waals surface area contributed by atoms with Crippen LogP contribution in [0.5, 0.6) is 5.75 Å². The summed E-state index contributed by atoms with van der Waals surface area (Å²) in [6.45, 7) is 2.44. The quantitative estimate of drug-likeness (QED) is 0.227. The molecule has 0 saturated heterocycles. The number of fused-ring (bicyclic) bond motifs is 1. The lowest BCUT2D eigenvalue weighted by atomic mass is 10.2. The fourth-order valence-corrected chi connectivity index (χ4v) is 4.38. The third-order valence-corrected chi connectivity index (χ3v) is 6.11. The molecule has 2 heterocycles. The predicted molar refractivity (Wildman–Crippen MR) is 135 cm³/mol. The molecule has 0 saturated carbocycles. The molecule has 0 aliphatic rings. The first-order valence-electron chi connectivity index (χ1n) is 10.8. The maximum atomic E-state index is 13.4. The van der Waals surface area contributed by atoms with Gasteiger partial charge in [0.25, 0.3) is 5.56 Å². The predicted octanol–water partition coefficient (Wildman–Crippen LogP) is 3.64. The Balaban J connectivity index is 1.61. The molecular formula is C25H24N4O5S. The van der Waals surface area contributed by atoms with Crippen LogP contribution in [0.4, 0.5) is 5.69 Å². The second kappa shape index (κ2) is 10.5. The van der Waals surface area contributed by atoms with Gasteiger partial charge in [-0.25, -0.2) is 9.78 Å². The van der Waals surface area contributed by atoms with E-state index in [1.807, 2.05) is 13.0 Å². The van der Waals surface area contributed by atoms with E-state index in [1.165, 1.54) is 11.7 Å². The average Bonchev–Trinajstić information content (AvgIpc) is 3.23. The molecule has 0 radical (unpaired) electrons. The summed E-state index contributed by atoms with van der Waals surface area (Å²) in [5, 5.41) is 3.63. The van der Waals surface area contributed by atoms with E-state index in [-0.39, 0.29) is 17.2 Å². The number of ether oxygens (including phenoxy) is 2. The summed E-state index contributed by atoms with van der Waals surface area (Å²) in [7, 11) is 2.98. The third-order valence-electron chi connectivity index (χ3n) is 5.17. The Bertz CT molecular complexity index is 1440. The number of nitrogens with zero attached hydrogens (tertiary/aromatic N) is 3. The van der Waals surface area contributed by atoms with E-state index in [0.29, 0.717) is 45.5 Å². The van der Waals surface area contributed by atoms with Crippen LogP contribution in [0.25, 0.3) is 16.6 Å². The third kappa shape index (κ3) is 5.22. The molecule has 0 aliphatic carbocycles. The van der Waals surface area contributed by atoms with Crippen molar-refractivity contribution in [3.05, 3.63) is 76.8 Å². The molecule has 0 aliphatic heterocycles. The van der Waals surface area contributed by atoms with Gasteiger partial charge < -0.3 is 19.4 Å². The minimum atomic E-state index is -0.498. The molecular weight excluding hydrogens is 468 g/mol. The van der Waals surface area contributed by atoms with Crippen molar-refractivity contribution in [1.82, 2.24) is 14.1 Å². The maximum absolute atomic E-state index is 13.4. The zero-order valence-corrected chi connectivity index (χ0v) is 20.3. The fourth-order valence-electron chi connectivity index (χ4n) is 3.56. The molecule has 35 heavy (non-hydrogen) atoms. The van der Waals surface area contributed by atoms with Gasteiger partial charge in [-0.1, -0.05) is 23.9 Å². The lowest BCUT2D eigenvalue weighted by Crippen LogP contribution is -2.23. The molecule has 0 bridgehead atoms. The molecule has 2 aromatic carbocycles. The molecule has 0 unspecified atom stereocenters. The molecule has 0 fully saturated rings. The molecule has 2 aromatic heterocycles. The molecule has 9 nitrogen and oxygen atoms in total. The number of rotatable bonds is 8. The van der Waals surface area contributed by atoms with E-state index in [4.69, 9.17) is 9.47 Å². The summed E-state index contributed by atoms with van der Waals surface area (Å²) in [6, 6.07) is 15.8. The standard InChI is InChI=1S/C25H24N4O5S/c1-4-34-18-11-9-17(10-12-18)29-23(31)19-7-5-6-8-20(19)27-25(29)35-15-22(30)26-16-13-21(24(32)33-3)28(2)14-16/h5-14H,4,15H2,1-3H3,(H,26,30). The van der Waals surface area contributed by atoms with Crippen LogP contribution in [0.2, 0.25) is 0 Å². The molecule has 180 valence electrons. The number of hydrogen-bond donors (Lipinski definition) is 1. The lowest BCUT2D eigenvalue weighted by molar-refractivity contribution is -0.113. The van der Waals surface area contributed by atoms with Crippen LogP contribution in [0.1, 0.15) is 17.4 Å².